The van der Waals surface area contributed by atoms with Crippen molar-refractivity contribution in [2.45, 2.75) is 24.4 Å². The third kappa shape index (κ3) is 4.47. The van der Waals surface area contributed by atoms with Crippen molar-refractivity contribution in [3.05, 3.63) is 83.7 Å². The Balaban J connectivity index is 1.70. The van der Waals surface area contributed by atoms with E-state index in [1.54, 1.807) is 42.4 Å². The fraction of sp³-hybridized carbons (Fsp3) is 0.200. The van der Waals surface area contributed by atoms with Crippen LogP contribution in [0.25, 0.3) is 0 Å². The highest BCUT2D eigenvalue weighted by atomic mass is 32.2. The highest BCUT2D eigenvalue weighted by Gasteiger charge is 2.19. The third-order valence-electron chi connectivity index (χ3n) is 4.70. The molecule has 1 aromatic heterocycles. The van der Waals surface area contributed by atoms with Gasteiger partial charge in [0.15, 0.2) is 0 Å². The van der Waals surface area contributed by atoms with Crippen molar-refractivity contribution in [3.8, 4) is 0 Å². The molecule has 8 heteroatoms. The number of rotatable bonds is 6. The van der Waals surface area contributed by atoms with Crippen LogP contribution in [0.3, 0.4) is 0 Å². The van der Waals surface area contributed by atoms with Gasteiger partial charge in [0, 0.05) is 25.0 Å². The van der Waals surface area contributed by atoms with Crippen LogP contribution in [0.15, 0.2) is 71.9 Å². The summed E-state index contributed by atoms with van der Waals surface area (Å²) in [6.07, 6.45) is 3.61. The Morgan fingerprint density at radius 3 is 2.32 bits per heavy atom. The van der Waals surface area contributed by atoms with Crippen LogP contribution >= 0.6 is 0 Å². The molecule has 0 saturated carbocycles. The van der Waals surface area contributed by atoms with E-state index in [0.717, 1.165) is 11.1 Å². The van der Waals surface area contributed by atoms with Gasteiger partial charge in [-0.2, -0.15) is 5.10 Å². The summed E-state index contributed by atoms with van der Waals surface area (Å²) in [6, 6.07) is 15.3. The number of sulfonamides is 1. The normalized spacial score (nSPS) is 12.5. The molecule has 0 radical (unpaired) electrons. The first-order valence-electron chi connectivity index (χ1n) is 8.72. The molecular formula is C20H22N4O3S. The molecule has 0 aliphatic heterocycles. The lowest BCUT2D eigenvalue weighted by Crippen LogP contribution is -2.29. The lowest BCUT2D eigenvalue weighted by molar-refractivity contribution is 0.0742. The summed E-state index contributed by atoms with van der Waals surface area (Å²) in [5.74, 6) is -0.117. The van der Waals surface area contributed by atoms with Crippen molar-refractivity contribution in [2.24, 2.45) is 5.14 Å². The maximum absolute atomic E-state index is 12.8. The van der Waals surface area contributed by atoms with Crippen molar-refractivity contribution in [3.63, 3.8) is 0 Å². The fourth-order valence-corrected chi connectivity index (χ4v) is 3.39. The van der Waals surface area contributed by atoms with E-state index in [9.17, 15) is 13.2 Å². The SMILES string of the molecule is CC(c1ccc(S(N)(=O)=O)cc1)N(C)C(=O)c1ccc(Cn2cccn2)cc1. The van der Waals surface area contributed by atoms with Gasteiger partial charge in [0.05, 0.1) is 17.5 Å². The highest BCUT2D eigenvalue weighted by molar-refractivity contribution is 7.89. The standard InChI is InChI=1S/C20H22N4O3S/c1-15(17-8-10-19(11-9-17)28(21,26)27)23(2)20(25)18-6-4-16(5-7-18)14-24-13-3-12-22-24/h3-13,15H,14H2,1-2H3,(H2,21,26,27). The number of nitrogens with zero attached hydrogens (tertiary/aromatic N) is 3. The number of carbonyl (C=O) groups is 1. The van der Waals surface area contributed by atoms with E-state index in [2.05, 4.69) is 5.10 Å². The molecule has 2 N–H and O–H groups in total. The average Bonchev–Trinajstić information content (AvgIpc) is 3.19. The zero-order valence-corrected chi connectivity index (χ0v) is 16.5. The van der Waals surface area contributed by atoms with Crippen LogP contribution in [-0.2, 0) is 16.6 Å². The second kappa shape index (κ2) is 7.95. The second-order valence-electron chi connectivity index (χ2n) is 6.61. The first kappa shape index (κ1) is 19.8. The van der Waals surface area contributed by atoms with E-state index in [-0.39, 0.29) is 16.8 Å². The number of aromatic nitrogens is 2. The Morgan fingerprint density at radius 1 is 1.14 bits per heavy atom. The average molecular weight is 398 g/mol. The molecule has 1 unspecified atom stereocenters. The lowest BCUT2D eigenvalue weighted by atomic mass is 10.1. The molecule has 0 spiro atoms. The summed E-state index contributed by atoms with van der Waals surface area (Å²) in [5.41, 5.74) is 2.45. The number of hydrogen-bond acceptors (Lipinski definition) is 4. The predicted molar refractivity (Wildman–Crippen MR) is 106 cm³/mol. The molecule has 0 aliphatic rings. The van der Waals surface area contributed by atoms with Gasteiger partial charge in [-0.05, 0) is 48.4 Å². The molecule has 7 nitrogen and oxygen atoms in total. The van der Waals surface area contributed by atoms with Crippen LogP contribution in [-0.4, -0.2) is 36.1 Å². The minimum Gasteiger partial charge on any atom is -0.335 e. The number of benzene rings is 2. The molecule has 3 rings (SSSR count). The Labute approximate surface area is 164 Å². The van der Waals surface area contributed by atoms with Crippen molar-refractivity contribution in [2.75, 3.05) is 7.05 Å². The molecule has 0 bridgehead atoms. The summed E-state index contributed by atoms with van der Waals surface area (Å²) in [6.45, 7) is 2.53. The third-order valence-corrected chi connectivity index (χ3v) is 5.63. The molecule has 2 aromatic carbocycles. The van der Waals surface area contributed by atoms with Crippen LogP contribution in [0.2, 0.25) is 0 Å². The van der Waals surface area contributed by atoms with Crippen LogP contribution in [0.5, 0.6) is 0 Å². The maximum Gasteiger partial charge on any atom is 0.254 e. The molecule has 28 heavy (non-hydrogen) atoms. The molecule has 1 heterocycles. The van der Waals surface area contributed by atoms with Gasteiger partial charge in [0.25, 0.3) is 5.91 Å². The molecule has 0 saturated heterocycles. The van der Waals surface area contributed by atoms with Crippen molar-refractivity contribution >= 4 is 15.9 Å². The van der Waals surface area contributed by atoms with Crippen LogP contribution in [0, 0.1) is 0 Å². The first-order chi connectivity index (χ1) is 13.3. The Morgan fingerprint density at radius 2 is 1.79 bits per heavy atom. The highest BCUT2D eigenvalue weighted by Crippen LogP contribution is 2.22. The lowest BCUT2D eigenvalue weighted by Gasteiger charge is -2.25. The maximum atomic E-state index is 12.8. The van der Waals surface area contributed by atoms with Crippen molar-refractivity contribution in [1.82, 2.24) is 14.7 Å². The molecule has 1 amide bonds. The molecular weight excluding hydrogens is 376 g/mol. The van der Waals surface area contributed by atoms with Gasteiger partial charge in [-0.25, -0.2) is 13.6 Å². The molecule has 146 valence electrons. The minimum absolute atomic E-state index is 0.0465. The molecule has 3 aromatic rings. The van der Waals surface area contributed by atoms with Crippen molar-refractivity contribution < 1.29 is 13.2 Å². The Hall–Kier alpha value is -2.97. The monoisotopic (exact) mass is 398 g/mol. The van der Waals surface area contributed by atoms with Gasteiger partial charge in [0.2, 0.25) is 10.0 Å². The minimum atomic E-state index is -3.73. The summed E-state index contributed by atoms with van der Waals surface area (Å²) < 4.78 is 24.6. The smallest absolute Gasteiger partial charge is 0.254 e. The summed E-state index contributed by atoms with van der Waals surface area (Å²) in [5, 5.41) is 9.30. The van der Waals surface area contributed by atoms with Gasteiger partial charge in [-0.15, -0.1) is 0 Å². The van der Waals surface area contributed by atoms with Crippen LogP contribution in [0.1, 0.15) is 34.5 Å². The second-order valence-corrected chi connectivity index (χ2v) is 8.17. The van der Waals surface area contributed by atoms with E-state index in [1.165, 1.54) is 12.1 Å². The Bertz CT molecular complexity index is 1040. The quantitative estimate of drug-likeness (QED) is 0.689. The first-order valence-corrected chi connectivity index (χ1v) is 10.3. The van der Waals surface area contributed by atoms with E-state index >= 15 is 0 Å². The molecule has 0 fully saturated rings. The van der Waals surface area contributed by atoms with Gasteiger partial charge < -0.3 is 4.90 Å². The number of amides is 1. The largest absolute Gasteiger partial charge is 0.335 e. The van der Waals surface area contributed by atoms with E-state index in [1.807, 2.05) is 36.0 Å². The van der Waals surface area contributed by atoms with Crippen LogP contribution in [0.4, 0.5) is 0 Å². The number of carbonyl (C=O) groups excluding carboxylic acids is 1. The zero-order valence-electron chi connectivity index (χ0n) is 15.7. The van der Waals surface area contributed by atoms with E-state index in [4.69, 9.17) is 5.14 Å². The van der Waals surface area contributed by atoms with Gasteiger partial charge in [-0.1, -0.05) is 24.3 Å². The number of primary sulfonamides is 1. The fourth-order valence-electron chi connectivity index (χ4n) is 2.87. The number of hydrogen-bond donors (Lipinski definition) is 1. The Kier molecular flexibility index (Phi) is 5.62. The van der Waals surface area contributed by atoms with Gasteiger partial charge in [0.1, 0.15) is 0 Å². The zero-order chi connectivity index (χ0) is 20.3. The topological polar surface area (TPSA) is 98.3 Å². The molecule has 0 aliphatic carbocycles. The van der Waals surface area contributed by atoms with E-state index < -0.39 is 10.0 Å². The van der Waals surface area contributed by atoms with E-state index in [0.29, 0.717) is 12.1 Å². The summed E-state index contributed by atoms with van der Waals surface area (Å²) in [4.78, 5) is 14.5. The summed E-state index contributed by atoms with van der Waals surface area (Å²) in [7, 11) is -2.01. The molecule has 1 atom stereocenters. The van der Waals surface area contributed by atoms with Crippen molar-refractivity contribution in [1.29, 1.82) is 0 Å². The van der Waals surface area contributed by atoms with Gasteiger partial charge in [-0.3, -0.25) is 9.48 Å². The predicted octanol–water partition coefficient (Wildman–Crippen LogP) is 2.41. The van der Waals surface area contributed by atoms with Gasteiger partial charge >= 0.3 is 0 Å². The summed E-state index contributed by atoms with van der Waals surface area (Å²) >= 11 is 0. The number of nitrogens with two attached hydrogens (primary N) is 1. The van der Waals surface area contributed by atoms with Crippen LogP contribution < -0.4 is 5.14 Å².